The van der Waals surface area contributed by atoms with Gasteiger partial charge in [0.05, 0.1) is 19.2 Å². The van der Waals surface area contributed by atoms with Crippen molar-refractivity contribution in [2.45, 2.75) is 38.0 Å². The van der Waals surface area contributed by atoms with Crippen LogP contribution in [0.15, 0.2) is 0 Å². The summed E-state index contributed by atoms with van der Waals surface area (Å²) < 4.78 is 13.1. The molecule has 3 N–H and O–H groups in total. The second kappa shape index (κ2) is 5.43. The van der Waals surface area contributed by atoms with Crippen LogP contribution < -0.4 is 11.1 Å². The van der Waals surface area contributed by atoms with E-state index >= 15 is 0 Å². The van der Waals surface area contributed by atoms with Gasteiger partial charge in [0.2, 0.25) is 5.91 Å². The van der Waals surface area contributed by atoms with Gasteiger partial charge in [-0.05, 0) is 13.8 Å². The van der Waals surface area contributed by atoms with E-state index in [-0.39, 0.29) is 31.0 Å². The molecule has 6 heteroatoms. The first-order chi connectivity index (χ1) is 7.89. The Hall–Kier alpha value is -1.19. The van der Waals surface area contributed by atoms with Crippen molar-refractivity contribution in [2.24, 2.45) is 5.73 Å². The summed E-state index contributed by atoms with van der Waals surface area (Å²) in [5.41, 5.74) is 5.18. The third-order valence-electron chi connectivity index (χ3n) is 2.95. The molecule has 0 spiro atoms. The van der Waals surface area contributed by atoms with Crippen LogP contribution in [0.4, 0.5) is 4.39 Å². The molecule has 1 fully saturated rings. The number of alkyl halides is 1. The van der Waals surface area contributed by atoms with Gasteiger partial charge in [-0.3, -0.25) is 4.79 Å². The van der Waals surface area contributed by atoms with Crippen LogP contribution in [0.1, 0.15) is 20.3 Å². The number of hydrogen-bond acceptors (Lipinski definition) is 4. The van der Waals surface area contributed by atoms with Crippen LogP contribution in [0.5, 0.6) is 0 Å². The molecule has 1 aliphatic heterocycles. The standard InChI is InChI=1S/C11H19FN4O/c1-11(2,7-14)15-5-10(17)16-6-8(12)3-9(16)4-13/h8-9,15H,3,5-7,14H2,1-2H3. The van der Waals surface area contributed by atoms with Gasteiger partial charge in [-0.25, -0.2) is 4.39 Å². The van der Waals surface area contributed by atoms with Crippen molar-refractivity contribution in [1.29, 1.82) is 5.26 Å². The fourth-order valence-corrected chi connectivity index (χ4v) is 1.67. The molecule has 17 heavy (non-hydrogen) atoms. The van der Waals surface area contributed by atoms with E-state index in [2.05, 4.69) is 5.32 Å². The SMILES string of the molecule is CC(C)(CN)NCC(=O)N1CC(F)CC1C#N. The largest absolute Gasteiger partial charge is 0.329 e. The van der Waals surface area contributed by atoms with Crippen LogP contribution in [-0.4, -0.2) is 48.2 Å². The predicted molar refractivity (Wildman–Crippen MR) is 61.8 cm³/mol. The summed E-state index contributed by atoms with van der Waals surface area (Å²) in [6.07, 6.45) is -0.978. The monoisotopic (exact) mass is 242 g/mol. The lowest BCUT2D eigenvalue weighted by Crippen LogP contribution is -2.51. The van der Waals surface area contributed by atoms with Crippen molar-refractivity contribution in [3.05, 3.63) is 0 Å². The highest BCUT2D eigenvalue weighted by Crippen LogP contribution is 2.19. The summed E-state index contributed by atoms with van der Waals surface area (Å²) in [4.78, 5) is 13.1. The Labute approximate surface area is 101 Å². The van der Waals surface area contributed by atoms with Crippen LogP contribution in [-0.2, 0) is 4.79 Å². The molecular formula is C11H19FN4O. The number of carbonyl (C=O) groups is 1. The zero-order chi connectivity index (χ0) is 13.1. The van der Waals surface area contributed by atoms with Crippen molar-refractivity contribution in [2.75, 3.05) is 19.6 Å². The van der Waals surface area contributed by atoms with Gasteiger partial charge >= 0.3 is 0 Å². The first kappa shape index (κ1) is 13.9. The van der Waals surface area contributed by atoms with Gasteiger partial charge in [0.25, 0.3) is 0 Å². The summed E-state index contributed by atoms with van der Waals surface area (Å²) in [5.74, 6) is -0.252. The molecule has 0 saturated carbocycles. The smallest absolute Gasteiger partial charge is 0.237 e. The molecule has 0 radical (unpaired) electrons. The van der Waals surface area contributed by atoms with Crippen LogP contribution in [0.25, 0.3) is 0 Å². The normalized spacial score (nSPS) is 24.8. The van der Waals surface area contributed by atoms with Crippen molar-refractivity contribution in [1.82, 2.24) is 10.2 Å². The molecule has 2 unspecified atom stereocenters. The van der Waals surface area contributed by atoms with Gasteiger partial charge in [0.1, 0.15) is 12.2 Å². The summed E-state index contributed by atoms with van der Waals surface area (Å²) in [6, 6.07) is 1.31. The van der Waals surface area contributed by atoms with E-state index in [0.29, 0.717) is 6.54 Å². The number of amides is 1. The fraction of sp³-hybridized carbons (Fsp3) is 0.818. The zero-order valence-electron chi connectivity index (χ0n) is 10.2. The lowest BCUT2D eigenvalue weighted by molar-refractivity contribution is -0.130. The Morgan fingerprint density at radius 1 is 1.71 bits per heavy atom. The van der Waals surface area contributed by atoms with Crippen LogP contribution in [0.3, 0.4) is 0 Å². The Balaban J connectivity index is 2.51. The fourth-order valence-electron chi connectivity index (χ4n) is 1.67. The van der Waals surface area contributed by atoms with Crippen molar-refractivity contribution >= 4 is 5.91 Å². The number of likely N-dealkylation sites (tertiary alicyclic amines) is 1. The van der Waals surface area contributed by atoms with Gasteiger partial charge in [-0.1, -0.05) is 0 Å². The molecule has 1 rings (SSSR count). The number of nitriles is 1. The summed E-state index contributed by atoms with van der Waals surface area (Å²) in [6.45, 7) is 4.25. The van der Waals surface area contributed by atoms with E-state index in [1.807, 2.05) is 19.9 Å². The highest BCUT2D eigenvalue weighted by atomic mass is 19.1. The number of carbonyl (C=O) groups excluding carboxylic acids is 1. The van der Waals surface area contributed by atoms with Gasteiger partial charge < -0.3 is 16.0 Å². The number of hydrogen-bond donors (Lipinski definition) is 2. The Morgan fingerprint density at radius 2 is 2.35 bits per heavy atom. The Bertz CT molecular complexity index is 326. The van der Waals surface area contributed by atoms with E-state index in [0.717, 1.165) is 0 Å². The van der Waals surface area contributed by atoms with Crippen molar-refractivity contribution < 1.29 is 9.18 Å². The first-order valence-electron chi connectivity index (χ1n) is 5.68. The molecule has 0 aromatic rings. The van der Waals surface area contributed by atoms with E-state index in [1.54, 1.807) is 0 Å². The molecule has 1 heterocycles. The van der Waals surface area contributed by atoms with Crippen molar-refractivity contribution in [3.8, 4) is 6.07 Å². The van der Waals surface area contributed by atoms with E-state index < -0.39 is 12.2 Å². The average molecular weight is 242 g/mol. The van der Waals surface area contributed by atoms with Gasteiger partial charge in [0.15, 0.2) is 0 Å². The maximum absolute atomic E-state index is 13.1. The second-order valence-corrected chi connectivity index (χ2v) is 4.97. The summed E-state index contributed by atoms with van der Waals surface area (Å²) in [5, 5.41) is 11.8. The zero-order valence-corrected chi connectivity index (χ0v) is 10.2. The minimum atomic E-state index is -1.09. The maximum atomic E-state index is 13.1. The number of nitrogens with zero attached hydrogens (tertiary/aromatic N) is 2. The highest BCUT2D eigenvalue weighted by molar-refractivity contribution is 5.79. The van der Waals surface area contributed by atoms with Crippen LogP contribution in [0.2, 0.25) is 0 Å². The minimum Gasteiger partial charge on any atom is -0.329 e. The molecule has 2 atom stereocenters. The van der Waals surface area contributed by atoms with Gasteiger partial charge in [-0.2, -0.15) is 5.26 Å². The molecule has 1 aliphatic rings. The molecule has 0 aromatic heterocycles. The molecular weight excluding hydrogens is 223 g/mol. The molecule has 96 valence electrons. The van der Waals surface area contributed by atoms with E-state index in [9.17, 15) is 9.18 Å². The van der Waals surface area contributed by atoms with Crippen LogP contribution >= 0.6 is 0 Å². The number of nitrogens with one attached hydrogen (secondary N) is 1. The minimum absolute atomic E-state index is 0.0157. The van der Waals surface area contributed by atoms with E-state index in [1.165, 1.54) is 4.90 Å². The lowest BCUT2D eigenvalue weighted by atomic mass is 10.1. The lowest BCUT2D eigenvalue weighted by Gasteiger charge is -2.26. The second-order valence-electron chi connectivity index (χ2n) is 4.97. The molecule has 1 amide bonds. The van der Waals surface area contributed by atoms with Crippen molar-refractivity contribution in [3.63, 3.8) is 0 Å². The highest BCUT2D eigenvalue weighted by Gasteiger charge is 2.35. The third kappa shape index (κ3) is 3.65. The number of halogens is 1. The maximum Gasteiger partial charge on any atom is 0.237 e. The molecule has 0 aromatic carbocycles. The number of rotatable bonds is 4. The third-order valence-corrected chi connectivity index (χ3v) is 2.95. The topological polar surface area (TPSA) is 82.2 Å². The summed E-state index contributed by atoms with van der Waals surface area (Å²) >= 11 is 0. The Kier molecular flexibility index (Phi) is 4.43. The molecule has 0 aliphatic carbocycles. The quantitative estimate of drug-likeness (QED) is 0.714. The Morgan fingerprint density at radius 3 is 2.88 bits per heavy atom. The molecule has 1 saturated heterocycles. The van der Waals surface area contributed by atoms with Gasteiger partial charge in [0, 0.05) is 18.5 Å². The molecule has 5 nitrogen and oxygen atoms in total. The van der Waals surface area contributed by atoms with Gasteiger partial charge in [-0.15, -0.1) is 0 Å². The predicted octanol–water partition coefficient (Wildman–Crippen LogP) is -0.224. The summed E-state index contributed by atoms with van der Waals surface area (Å²) in [7, 11) is 0. The van der Waals surface area contributed by atoms with Crippen LogP contribution in [0, 0.1) is 11.3 Å². The number of nitrogens with two attached hydrogens (primary N) is 1. The average Bonchev–Trinajstić information content (AvgIpc) is 2.67. The first-order valence-corrected chi connectivity index (χ1v) is 5.68. The van der Waals surface area contributed by atoms with E-state index in [4.69, 9.17) is 11.0 Å². The molecule has 0 bridgehead atoms.